The van der Waals surface area contributed by atoms with E-state index in [9.17, 15) is 12.8 Å². The SMILES string of the molecule is Cl.N#Cc1cc(S(=O)(=O)N2CCC(CN)CC2)ccc1F. The van der Waals surface area contributed by atoms with Gasteiger partial charge in [0, 0.05) is 13.1 Å². The maximum absolute atomic E-state index is 13.3. The molecule has 21 heavy (non-hydrogen) atoms. The summed E-state index contributed by atoms with van der Waals surface area (Å²) < 4.78 is 39.5. The predicted molar refractivity (Wildman–Crippen MR) is 78.9 cm³/mol. The highest BCUT2D eigenvalue weighted by Crippen LogP contribution is 2.24. The van der Waals surface area contributed by atoms with Gasteiger partial charge in [-0.15, -0.1) is 12.4 Å². The van der Waals surface area contributed by atoms with Gasteiger partial charge >= 0.3 is 0 Å². The van der Waals surface area contributed by atoms with Gasteiger partial charge in [-0.3, -0.25) is 0 Å². The van der Waals surface area contributed by atoms with E-state index in [1.54, 1.807) is 6.07 Å². The Morgan fingerprint density at radius 1 is 1.38 bits per heavy atom. The molecule has 1 aliphatic rings. The van der Waals surface area contributed by atoms with Crippen molar-refractivity contribution in [2.45, 2.75) is 17.7 Å². The van der Waals surface area contributed by atoms with E-state index in [2.05, 4.69) is 0 Å². The molecule has 1 aromatic carbocycles. The van der Waals surface area contributed by atoms with E-state index >= 15 is 0 Å². The van der Waals surface area contributed by atoms with Gasteiger partial charge in [0.2, 0.25) is 10.0 Å². The Hall–Kier alpha value is -1.20. The number of halogens is 2. The van der Waals surface area contributed by atoms with Crippen LogP contribution in [0.25, 0.3) is 0 Å². The van der Waals surface area contributed by atoms with E-state index in [0.29, 0.717) is 25.6 Å². The number of hydrogen-bond acceptors (Lipinski definition) is 4. The first-order valence-corrected chi connectivity index (χ1v) is 7.83. The van der Waals surface area contributed by atoms with Crippen LogP contribution in [0.4, 0.5) is 4.39 Å². The first-order valence-electron chi connectivity index (χ1n) is 6.39. The van der Waals surface area contributed by atoms with E-state index in [4.69, 9.17) is 11.0 Å². The highest BCUT2D eigenvalue weighted by molar-refractivity contribution is 7.89. The van der Waals surface area contributed by atoms with Crippen LogP contribution in [0.1, 0.15) is 18.4 Å². The molecule has 1 fully saturated rings. The first kappa shape index (κ1) is 17.9. The van der Waals surface area contributed by atoms with Crippen molar-refractivity contribution in [2.75, 3.05) is 19.6 Å². The molecule has 8 heteroatoms. The van der Waals surface area contributed by atoms with E-state index in [1.165, 1.54) is 10.4 Å². The Morgan fingerprint density at radius 2 is 2.00 bits per heavy atom. The molecule has 0 atom stereocenters. The van der Waals surface area contributed by atoms with Crippen LogP contribution in [-0.4, -0.2) is 32.4 Å². The minimum atomic E-state index is -3.67. The number of rotatable bonds is 3. The Balaban J connectivity index is 0.00000220. The molecule has 1 aromatic rings. The Labute approximate surface area is 130 Å². The van der Waals surface area contributed by atoms with Gasteiger partial charge in [-0.25, -0.2) is 12.8 Å². The highest BCUT2D eigenvalue weighted by atomic mass is 35.5. The number of benzene rings is 1. The smallest absolute Gasteiger partial charge is 0.243 e. The van der Waals surface area contributed by atoms with Crippen LogP contribution < -0.4 is 5.73 Å². The lowest BCUT2D eigenvalue weighted by molar-refractivity contribution is 0.278. The van der Waals surface area contributed by atoms with Crippen LogP contribution >= 0.6 is 12.4 Å². The lowest BCUT2D eigenvalue weighted by Gasteiger charge is -2.30. The zero-order valence-electron chi connectivity index (χ0n) is 11.3. The van der Waals surface area contributed by atoms with Crippen molar-refractivity contribution in [3.8, 4) is 6.07 Å². The average Bonchev–Trinajstić information content (AvgIpc) is 2.47. The molecule has 1 heterocycles. The molecule has 0 bridgehead atoms. The largest absolute Gasteiger partial charge is 0.330 e. The van der Waals surface area contributed by atoms with Gasteiger partial charge in [-0.1, -0.05) is 0 Å². The molecular formula is C13H17ClFN3O2S. The molecule has 5 nitrogen and oxygen atoms in total. The van der Waals surface area contributed by atoms with Crippen LogP contribution in [0.15, 0.2) is 23.1 Å². The van der Waals surface area contributed by atoms with Crippen LogP contribution in [0.5, 0.6) is 0 Å². The van der Waals surface area contributed by atoms with Gasteiger partial charge in [-0.2, -0.15) is 9.57 Å². The molecule has 0 aromatic heterocycles. The Bertz CT molecular complexity index is 637. The maximum atomic E-state index is 13.3. The third-order valence-electron chi connectivity index (χ3n) is 3.60. The number of hydrogen-bond donors (Lipinski definition) is 1. The molecule has 2 rings (SSSR count). The van der Waals surface area contributed by atoms with Crippen molar-refractivity contribution in [3.63, 3.8) is 0 Å². The molecule has 0 aliphatic carbocycles. The van der Waals surface area contributed by atoms with Gasteiger partial charge in [0.05, 0.1) is 10.5 Å². The highest BCUT2D eigenvalue weighted by Gasteiger charge is 2.29. The molecule has 0 spiro atoms. The summed E-state index contributed by atoms with van der Waals surface area (Å²) in [6.45, 7) is 1.37. The van der Waals surface area contributed by atoms with E-state index in [1.807, 2.05) is 0 Å². The second-order valence-electron chi connectivity index (χ2n) is 4.84. The molecule has 0 amide bonds. The Kier molecular flexibility index (Phi) is 6.10. The lowest BCUT2D eigenvalue weighted by atomic mass is 9.99. The van der Waals surface area contributed by atoms with Gasteiger partial charge < -0.3 is 5.73 Å². The fourth-order valence-corrected chi connectivity index (χ4v) is 3.78. The van der Waals surface area contributed by atoms with Crippen molar-refractivity contribution in [2.24, 2.45) is 11.7 Å². The van der Waals surface area contributed by atoms with E-state index in [0.717, 1.165) is 25.0 Å². The van der Waals surface area contributed by atoms with Gasteiger partial charge in [0.15, 0.2) is 0 Å². The fraction of sp³-hybridized carbons (Fsp3) is 0.462. The molecule has 116 valence electrons. The predicted octanol–water partition coefficient (Wildman–Crippen LogP) is 1.48. The summed E-state index contributed by atoms with van der Waals surface area (Å²) in [5.74, 6) is -0.363. The quantitative estimate of drug-likeness (QED) is 0.907. The third kappa shape index (κ3) is 3.71. The average molecular weight is 334 g/mol. The summed E-state index contributed by atoms with van der Waals surface area (Å²) >= 11 is 0. The maximum Gasteiger partial charge on any atom is 0.243 e. The summed E-state index contributed by atoms with van der Waals surface area (Å²) in [6.07, 6.45) is 1.45. The second kappa shape index (κ2) is 7.18. The molecule has 1 aliphatic heterocycles. The van der Waals surface area contributed by atoms with Crippen molar-refractivity contribution in [1.82, 2.24) is 4.31 Å². The molecule has 1 saturated heterocycles. The van der Waals surface area contributed by atoms with Gasteiger partial charge in [0.1, 0.15) is 11.9 Å². The molecular weight excluding hydrogens is 317 g/mol. The number of nitrogens with zero attached hydrogens (tertiary/aromatic N) is 2. The van der Waals surface area contributed by atoms with Crippen LogP contribution in [0.2, 0.25) is 0 Å². The summed E-state index contributed by atoms with van der Waals surface area (Å²) in [6, 6.07) is 4.94. The summed E-state index contributed by atoms with van der Waals surface area (Å²) in [5.41, 5.74) is 5.32. The number of nitriles is 1. The van der Waals surface area contributed by atoms with Crippen LogP contribution in [0, 0.1) is 23.1 Å². The van der Waals surface area contributed by atoms with E-state index < -0.39 is 15.8 Å². The van der Waals surface area contributed by atoms with Gasteiger partial charge in [0.25, 0.3) is 0 Å². The molecule has 0 saturated carbocycles. The number of piperidine rings is 1. The summed E-state index contributed by atoms with van der Waals surface area (Å²) in [4.78, 5) is -0.0401. The summed E-state index contributed by atoms with van der Waals surface area (Å²) in [7, 11) is -3.67. The minimum absolute atomic E-state index is 0. The lowest BCUT2D eigenvalue weighted by Crippen LogP contribution is -2.40. The fourth-order valence-electron chi connectivity index (χ4n) is 2.28. The topological polar surface area (TPSA) is 87.2 Å². The zero-order chi connectivity index (χ0) is 14.8. The van der Waals surface area contributed by atoms with Crippen molar-refractivity contribution < 1.29 is 12.8 Å². The monoisotopic (exact) mass is 333 g/mol. The molecule has 2 N–H and O–H groups in total. The minimum Gasteiger partial charge on any atom is -0.330 e. The third-order valence-corrected chi connectivity index (χ3v) is 5.50. The van der Waals surface area contributed by atoms with Gasteiger partial charge in [-0.05, 0) is 43.5 Å². The second-order valence-corrected chi connectivity index (χ2v) is 6.77. The zero-order valence-corrected chi connectivity index (χ0v) is 13.0. The molecule has 0 unspecified atom stereocenters. The van der Waals surface area contributed by atoms with Crippen molar-refractivity contribution >= 4 is 22.4 Å². The number of sulfonamides is 1. The number of nitrogens with two attached hydrogens (primary N) is 1. The standard InChI is InChI=1S/C13H16FN3O2S.ClH/c14-13-2-1-12(7-11(13)9-16)20(18,19)17-5-3-10(8-15)4-6-17;/h1-2,7,10H,3-6,8,15H2;1H. The normalized spacial score (nSPS) is 17.0. The van der Waals surface area contributed by atoms with E-state index in [-0.39, 0.29) is 22.9 Å². The van der Waals surface area contributed by atoms with Crippen LogP contribution in [0.3, 0.4) is 0 Å². The van der Waals surface area contributed by atoms with Crippen LogP contribution in [-0.2, 0) is 10.0 Å². The summed E-state index contributed by atoms with van der Waals surface area (Å²) in [5, 5.41) is 8.77. The van der Waals surface area contributed by atoms with Crippen molar-refractivity contribution in [1.29, 1.82) is 5.26 Å². The van der Waals surface area contributed by atoms with Crippen molar-refractivity contribution in [3.05, 3.63) is 29.6 Å². The molecule has 0 radical (unpaired) electrons. The Morgan fingerprint density at radius 3 is 2.52 bits per heavy atom. The first-order chi connectivity index (χ1) is 9.48.